The Bertz CT molecular complexity index is 581. The zero-order valence-corrected chi connectivity index (χ0v) is 12.3. The van der Waals surface area contributed by atoms with Gasteiger partial charge in [0.2, 0.25) is 0 Å². The number of alkyl halides is 2. The molecule has 0 heterocycles. The minimum absolute atomic E-state index is 0.0432. The summed E-state index contributed by atoms with van der Waals surface area (Å²) in [4.78, 5) is 21.9. The maximum absolute atomic E-state index is 13.6. The van der Waals surface area contributed by atoms with Crippen LogP contribution < -0.4 is 5.32 Å². The minimum atomic E-state index is -3.72. The molecule has 1 rings (SSSR count). The highest BCUT2D eigenvalue weighted by molar-refractivity contribution is 5.85. The van der Waals surface area contributed by atoms with Crippen LogP contribution in [0.25, 0.3) is 0 Å². The summed E-state index contributed by atoms with van der Waals surface area (Å²) in [7, 11) is 0. The van der Waals surface area contributed by atoms with Crippen LogP contribution in [-0.2, 0) is 15.5 Å². The van der Waals surface area contributed by atoms with Crippen molar-refractivity contribution in [2.24, 2.45) is 0 Å². The lowest BCUT2D eigenvalue weighted by molar-refractivity contribution is -0.145. The fourth-order valence-electron chi connectivity index (χ4n) is 1.63. The van der Waals surface area contributed by atoms with Gasteiger partial charge in [0, 0.05) is 11.8 Å². The van der Waals surface area contributed by atoms with E-state index in [2.05, 4.69) is 5.32 Å². The predicted molar refractivity (Wildman–Crippen MR) is 74.1 cm³/mol. The Hall–Kier alpha value is -2.38. The summed E-state index contributed by atoms with van der Waals surface area (Å²) in [6, 6.07) is 2.87. The summed E-state index contributed by atoms with van der Waals surface area (Å²) in [5.74, 6) is -6.24. The summed E-state index contributed by atoms with van der Waals surface area (Å²) < 4.78 is 32.2. The molecular weight excluding hydrogens is 300 g/mol. The highest BCUT2D eigenvalue weighted by Crippen LogP contribution is 2.38. The number of halogens is 2. The normalized spacial score (nSPS) is 11.9. The third-order valence-corrected chi connectivity index (χ3v) is 2.41. The fourth-order valence-corrected chi connectivity index (χ4v) is 1.63. The molecule has 0 unspecified atom stereocenters. The Morgan fingerprint density at radius 3 is 2.32 bits per heavy atom. The third kappa shape index (κ3) is 5.19. The zero-order valence-electron chi connectivity index (χ0n) is 12.3. The van der Waals surface area contributed by atoms with E-state index in [-0.39, 0.29) is 5.69 Å². The van der Waals surface area contributed by atoms with Crippen molar-refractivity contribution in [3.63, 3.8) is 0 Å². The Morgan fingerprint density at radius 1 is 1.27 bits per heavy atom. The molecule has 1 amide bonds. The van der Waals surface area contributed by atoms with Crippen LogP contribution in [0.5, 0.6) is 5.75 Å². The largest absolute Gasteiger partial charge is 0.507 e. The molecule has 0 saturated heterocycles. The van der Waals surface area contributed by atoms with Gasteiger partial charge in [0.05, 0.1) is 5.56 Å². The minimum Gasteiger partial charge on any atom is -0.507 e. The molecule has 0 bridgehead atoms. The number of nitrogens with one attached hydrogen (secondary N) is 1. The summed E-state index contributed by atoms with van der Waals surface area (Å²) in [5.41, 5.74) is -1.52. The molecule has 0 spiro atoms. The van der Waals surface area contributed by atoms with E-state index >= 15 is 0 Å². The predicted octanol–water partition coefficient (Wildman–Crippen LogP) is 3.31. The first kappa shape index (κ1) is 17.7. The van der Waals surface area contributed by atoms with Crippen molar-refractivity contribution >= 4 is 17.7 Å². The van der Waals surface area contributed by atoms with Crippen LogP contribution in [0, 0.1) is 0 Å². The maximum atomic E-state index is 13.6. The SMILES string of the molecule is CC(C)(C)OC(=O)Nc1ccc(C(F)(F)CC(=O)O)c(O)c1. The Morgan fingerprint density at radius 2 is 1.86 bits per heavy atom. The number of phenolic OH excluding ortho intramolecular Hbond substituents is 1. The second-order valence-corrected chi connectivity index (χ2v) is 5.63. The van der Waals surface area contributed by atoms with Crippen molar-refractivity contribution in [3.8, 4) is 5.75 Å². The molecule has 0 aliphatic heterocycles. The first-order valence-electron chi connectivity index (χ1n) is 6.34. The van der Waals surface area contributed by atoms with Gasteiger partial charge in [-0.1, -0.05) is 0 Å². The van der Waals surface area contributed by atoms with Crippen LogP contribution >= 0.6 is 0 Å². The van der Waals surface area contributed by atoms with E-state index < -0.39 is 41.3 Å². The number of amides is 1. The number of carbonyl (C=O) groups excluding carboxylic acids is 1. The lowest BCUT2D eigenvalue weighted by Gasteiger charge is -2.20. The molecule has 1 aromatic rings. The number of hydrogen-bond acceptors (Lipinski definition) is 4. The molecule has 0 aromatic heterocycles. The molecule has 122 valence electrons. The zero-order chi connectivity index (χ0) is 17.1. The van der Waals surface area contributed by atoms with Crippen molar-refractivity contribution in [2.45, 2.75) is 38.7 Å². The molecule has 0 fully saturated rings. The van der Waals surface area contributed by atoms with E-state index in [9.17, 15) is 23.5 Å². The van der Waals surface area contributed by atoms with Gasteiger partial charge in [0.25, 0.3) is 5.92 Å². The van der Waals surface area contributed by atoms with E-state index in [1.54, 1.807) is 20.8 Å². The van der Waals surface area contributed by atoms with Crippen LogP contribution in [0.3, 0.4) is 0 Å². The second-order valence-electron chi connectivity index (χ2n) is 5.63. The van der Waals surface area contributed by atoms with Crippen LogP contribution in [0.1, 0.15) is 32.8 Å². The van der Waals surface area contributed by atoms with Gasteiger partial charge in [-0.2, -0.15) is 0 Å². The first-order chi connectivity index (χ1) is 9.90. The van der Waals surface area contributed by atoms with E-state index in [1.807, 2.05) is 0 Å². The molecule has 0 radical (unpaired) electrons. The lowest BCUT2D eigenvalue weighted by Crippen LogP contribution is -2.27. The van der Waals surface area contributed by atoms with Gasteiger partial charge in [-0.3, -0.25) is 10.1 Å². The van der Waals surface area contributed by atoms with Crippen molar-refractivity contribution in [1.29, 1.82) is 0 Å². The van der Waals surface area contributed by atoms with Gasteiger partial charge in [0.15, 0.2) is 0 Å². The van der Waals surface area contributed by atoms with Crippen molar-refractivity contribution in [3.05, 3.63) is 23.8 Å². The average Bonchev–Trinajstić information content (AvgIpc) is 2.23. The van der Waals surface area contributed by atoms with E-state index in [4.69, 9.17) is 9.84 Å². The molecule has 8 heteroatoms. The van der Waals surface area contributed by atoms with Gasteiger partial charge >= 0.3 is 12.1 Å². The Balaban J connectivity index is 2.90. The molecule has 0 aliphatic carbocycles. The highest BCUT2D eigenvalue weighted by Gasteiger charge is 2.37. The molecule has 3 N–H and O–H groups in total. The number of phenols is 1. The average molecular weight is 317 g/mol. The van der Waals surface area contributed by atoms with E-state index in [0.717, 1.165) is 18.2 Å². The fraction of sp³-hybridized carbons (Fsp3) is 0.429. The molecule has 0 atom stereocenters. The molecular formula is C14H17F2NO5. The molecule has 1 aromatic carbocycles. The smallest absolute Gasteiger partial charge is 0.412 e. The number of carbonyl (C=O) groups is 2. The number of aliphatic carboxylic acids is 1. The summed E-state index contributed by atoms with van der Waals surface area (Å²) >= 11 is 0. The lowest BCUT2D eigenvalue weighted by atomic mass is 10.0. The molecule has 0 aliphatic rings. The molecule has 6 nitrogen and oxygen atoms in total. The number of carboxylic acids is 1. The standard InChI is InChI=1S/C14H17F2NO5/c1-13(2,3)22-12(21)17-8-4-5-9(10(18)6-8)14(15,16)7-11(19)20/h4-6,18H,7H2,1-3H3,(H,17,21)(H,19,20). The maximum Gasteiger partial charge on any atom is 0.412 e. The van der Waals surface area contributed by atoms with Crippen molar-refractivity contribution in [2.75, 3.05) is 5.32 Å². The van der Waals surface area contributed by atoms with E-state index in [0.29, 0.717) is 0 Å². The number of benzene rings is 1. The van der Waals surface area contributed by atoms with Crippen molar-refractivity contribution < 1.29 is 33.3 Å². The summed E-state index contributed by atoms with van der Waals surface area (Å²) in [6.45, 7) is 4.96. The van der Waals surface area contributed by atoms with E-state index in [1.165, 1.54) is 0 Å². The van der Waals surface area contributed by atoms with Crippen LogP contribution in [0.15, 0.2) is 18.2 Å². The number of anilines is 1. The van der Waals surface area contributed by atoms with Crippen molar-refractivity contribution in [1.82, 2.24) is 0 Å². The topological polar surface area (TPSA) is 95.9 Å². The van der Waals surface area contributed by atoms with Gasteiger partial charge in [0.1, 0.15) is 17.8 Å². The van der Waals surface area contributed by atoms with Crippen LogP contribution in [0.2, 0.25) is 0 Å². The van der Waals surface area contributed by atoms with Gasteiger partial charge in [-0.05, 0) is 32.9 Å². The molecule has 22 heavy (non-hydrogen) atoms. The number of aromatic hydroxyl groups is 1. The summed E-state index contributed by atoms with van der Waals surface area (Å²) in [5, 5.41) is 20.3. The second kappa shape index (κ2) is 6.17. The highest BCUT2D eigenvalue weighted by atomic mass is 19.3. The summed E-state index contributed by atoms with van der Waals surface area (Å²) in [6.07, 6.45) is -2.25. The molecule has 0 saturated carbocycles. The van der Waals surface area contributed by atoms with Crippen LogP contribution in [-0.4, -0.2) is 27.9 Å². The van der Waals surface area contributed by atoms with Gasteiger partial charge < -0.3 is 14.9 Å². The number of rotatable bonds is 4. The number of ether oxygens (including phenoxy) is 1. The number of carboxylic acid groups (broad SMARTS) is 1. The Labute approximate surface area is 125 Å². The first-order valence-corrected chi connectivity index (χ1v) is 6.34. The third-order valence-electron chi connectivity index (χ3n) is 2.41. The number of hydrogen-bond donors (Lipinski definition) is 3. The monoisotopic (exact) mass is 317 g/mol. The quantitative estimate of drug-likeness (QED) is 0.792. The Kier molecular flexibility index (Phi) is 4.95. The van der Waals surface area contributed by atoms with Gasteiger partial charge in [-0.15, -0.1) is 0 Å². The van der Waals surface area contributed by atoms with Crippen LogP contribution in [0.4, 0.5) is 19.3 Å². The van der Waals surface area contributed by atoms with Gasteiger partial charge in [-0.25, -0.2) is 13.6 Å².